The van der Waals surface area contributed by atoms with Crippen LogP contribution in [0.3, 0.4) is 0 Å². The van der Waals surface area contributed by atoms with Crippen molar-refractivity contribution in [2.24, 2.45) is 0 Å². The summed E-state index contributed by atoms with van der Waals surface area (Å²) in [7, 11) is 0. The van der Waals surface area contributed by atoms with E-state index in [2.05, 4.69) is 10.3 Å². The number of carboxylic acid groups (broad SMARTS) is 1. The Morgan fingerprint density at radius 3 is 3.21 bits per heavy atom. The lowest BCUT2D eigenvalue weighted by Gasteiger charge is -2.07. The number of nitrogens with one attached hydrogen (secondary N) is 1. The summed E-state index contributed by atoms with van der Waals surface area (Å²) in [6.07, 6.45) is 2.49. The Morgan fingerprint density at radius 2 is 2.47 bits per heavy atom. The molecular weight excluding hydrogens is 264 g/mol. The highest BCUT2D eigenvalue weighted by Crippen LogP contribution is 2.27. The Morgan fingerprint density at radius 1 is 1.58 bits per heavy atom. The molecule has 0 saturated carbocycles. The molecular formula is C13H14N2O3S. The van der Waals surface area contributed by atoms with Crippen molar-refractivity contribution in [1.82, 2.24) is 4.98 Å². The van der Waals surface area contributed by atoms with Gasteiger partial charge in [-0.15, -0.1) is 0 Å². The van der Waals surface area contributed by atoms with E-state index < -0.39 is 5.97 Å². The van der Waals surface area contributed by atoms with Crippen molar-refractivity contribution in [3.05, 3.63) is 23.8 Å². The van der Waals surface area contributed by atoms with Crippen molar-refractivity contribution < 1.29 is 14.3 Å². The van der Waals surface area contributed by atoms with Gasteiger partial charge in [-0.05, 0) is 36.8 Å². The van der Waals surface area contributed by atoms with Gasteiger partial charge in [0.15, 0.2) is 5.58 Å². The summed E-state index contributed by atoms with van der Waals surface area (Å²) < 4.78 is 5.52. The van der Waals surface area contributed by atoms with Gasteiger partial charge in [0.05, 0.1) is 5.56 Å². The maximum atomic E-state index is 10.9. The van der Waals surface area contributed by atoms with Gasteiger partial charge in [-0.2, -0.15) is 16.7 Å². The van der Waals surface area contributed by atoms with Crippen molar-refractivity contribution in [3.63, 3.8) is 0 Å². The van der Waals surface area contributed by atoms with E-state index in [0.717, 1.165) is 6.54 Å². The molecule has 1 aliphatic rings. The SMILES string of the molecule is O=C(O)c1ccc2nc(NCC3CCCS3)oc2c1. The van der Waals surface area contributed by atoms with E-state index in [1.807, 2.05) is 11.8 Å². The first kappa shape index (κ1) is 12.3. The van der Waals surface area contributed by atoms with Crippen LogP contribution in [0.25, 0.3) is 11.1 Å². The van der Waals surface area contributed by atoms with Crippen molar-refractivity contribution in [1.29, 1.82) is 0 Å². The van der Waals surface area contributed by atoms with Gasteiger partial charge in [-0.3, -0.25) is 0 Å². The van der Waals surface area contributed by atoms with Gasteiger partial charge < -0.3 is 14.8 Å². The number of carboxylic acids is 1. The average molecular weight is 278 g/mol. The first-order valence-electron chi connectivity index (χ1n) is 6.22. The number of thioether (sulfide) groups is 1. The van der Waals surface area contributed by atoms with Crippen LogP contribution in [0.2, 0.25) is 0 Å². The molecule has 1 unspecified atom stereocenters. The van der Waals surface area contributed by atoms with E-state index in [1.54, 1.807) is 6.07 Å². The highest BCUT2D eigenvalue weighted by atomic mass is 32.2. The summed E-state index contributed by atoms with van der Waals surface area (Å²) >= 11 is 1.97. The molecule has 0 bridgehead atoms. The third kappa shape index (κ3) is 2.68. The number of hydrogen-bond donors (Lipinski definition) is 2. The minimum atomic E-state index is -0.963. The molecule has 1 atom stereocenters. The Bertz CT molecular complexity index is 605. The van der Waals surface area contributed by atoms with Gasteiger partial charge in [0.25, 0.3) is 6.01 Å². The predicted octanol–water partition coefficient (Wildman–Crippen LogP) is 2.83. The topological polar surface area (TPSA) is 75.4 Å². The number of benzene rings is 1. The number of anilines is 1. The molecule has 2 N–H and O–H groups in total. The van der Waals surface area contributed by atoms with Crippen molar-refractivity contribution in [2.45, 2.75) is 18.1 Å². The van der Waals surface area contributed by atoms with Gasteiger partial charge in [0.2, 0.25) is 0 Å². The summed E-state index contributed by atoms with van der Waals surface area (Å²) in [4.78, 5) is 15.2. The van der Waals surface area contributed by atoms with Crippen LogP contribution in [0.1, 0.15) is 23.2 Å². The molecule has 5 nitrogen and oxygen atoms in total. The highest BCUT2D eigenvalue weighted by molar-refractivity contribution is 8.00. The molecule has 0 amide bonds. The summed E-state index contributed by atoms with van der Waals surface area (Å²) in [6, 6.07) is 5.16. The fourth-order valence-electron chi connectivity index (χ4n) is 2.14. The monoisotopic (exact) mass is 278 g/mol. The summed E-state index contributed by atoms with van der Waals surface area (Å²) in [5.74, 6) is 0.261. The number of hydrogen-bond acceptors (Lipinski definition) is 5. The number of fused-ring (bicyclic) bond motifs is 1. The Hall–Kier alpha value is -1.69. The molecule has 1 fully saturated rings. The second kappa shape index (κ2) is 5.13. The molecule has 1 saturated heterocycles. The second-order valence-corrected chi connectivity index (χ2v) is 5.93. The number of rotatable bonds is 4. The van der Waals surface area contributed by atoms with Crippen LogP contribution in [0.4, 0.5) is 6.01 Å². The molecule has 0 radical (unpaired) electrons. The molecule has 0 spiro atoms. The molecule has 6 heteroatoms. The third-order valence-electron chi connectivity index (χ3n) is 3.14. The maximum absolute atomic E-state index is 10.9. The van der Waals surface area contributed by atoms with Crippen molar-refractivity contribution in [2.75, 3.05) is 17.6 Å². The number of aromatic nitrogens is 1. The normalized spacial score (nSPS) is 18.8. The molecule has 19 heavy (non-hydrogen) atoms. The van der Waals surface area contributed by atoms with E-state index in [-0.39, 0.29) is 5.56 Å². The average Bonchev–Trinajstić information content (AvgIpc) is 3.04. The lowest BCUT2D eigenvalue weighted by molar-refractivity contribution is 0.0697. The van der Waals surface area contributed by atoms with Crippen molar-refractivity contribution >= 4 is 34.8 Å². The summed E-state index contributed by atoms with van der Waals surface area (Å²) in [5.41, 5.74) is 1.38. The predicted molar refractivity (Wildman–Crippen MR) is 74.9 cm³/mol. The Kier molecular flexibility index (Phi) is 3.33. The second-order valence-electron chi connectivity index (χ2n) is 4.52. The molecule has 2 heterocycles. The number of aromatic carboxylic acids is 1. The molecule has 100 valence electrons. The molecule has 1 aliphatic heterocycles. The summed E-state index contributed by atoms with van der Waals surface area (Å²) in [5, 5.41) is 12.7. The Balaban J connectivity index is 1.75. The Labute approximate surface area is 114 Å². The minimum absolute atomic E-state index is 0.210. The van der Waals surface area contributed by atoms with Crippen LogP contribution in [0.5, 0.6) is 0 Å². The van der Waals surface area contributed by atoms with E-state index in [9.17, 15) is 4.79 Å². The third-order valence-corrected chi connectivity index (χ3v) is 4.54. The highest BCUT2D eigenvalue weighted by Gasteiger charge is 2.16. The fourth-order valence-corrected chi connectivity index (χ4v) is 3.34. The molecule has 1 aromatic heterocycles. The van der Waals surface area contributed by atoms with Gasteiger partial charge >= 0.3 is 5.97 Å². The van der Waals surface area contributed by atoms with Gasteiger partial charge in [0.1, 0.15) is 5.52 Å². The van der Waals surface area contributed by atoms with Crippen LogP contribution in [-0.2, 0) is 0 Å². The minimum Gasteiger partial charge on any atom is -0.478 e. The number of nitrogens with zero attached hydrogens (tertiary/aromatic N) is 1. The number of oxazole rings is 1. The maximum Gasteiger partial charge on any atom is 0.335 e. The molecule has 0 aliphatic carbocycles. The quantitative estimate of drug-likeness (QED) is 0.895. The summed E-state index contributed by atoms with van der Waals surface area (Å²) in [6.45, 7) is 0.837. The lowest BCUT2D eigenvalue weighted by atomic mass is 10.2. The zero-order valence-corrected chi connectivity index (χ0v) is 11.1. The van der Waals surface area contributed by atoms with Crippen molar-refractivity contribution in [3.8, 4) is 0 Å². The van der Waals surface area contributed by atoms with Crippen LogP contribution in [-0.4, -0.2) is 33.6 Å². The standard InChI is InChI=1S/C13H14N2O3S/c16-12(17)8-3-4-10-11(6-8)18-13(15-10)14-7-9-2-1-5-19-9/h3-4,6,9H,1-2,5,7H2,(H,14,15)(H,16,17). The first-order valence-corrected chi connectivity index (χ1v) is 7.26. The van der Waals surface area contributed by atoms with Gasteiger partial charge in [0, 0.05) is 11.8 Å². The first-order chi connectivity index (χ1) is 9.22. The lowest BCUT2D eigenvalue weighted by Crippen LogP contribution is -2.13. The van der Waals surface area contributed by atoms with Crippen LogP contribution in [0.15, 0.2) is 22.6 Å². The van der Waals surface area contributed by atoms with E-state index in [4.69, 9.17) is 9.52 Å². The van der Waals surface area contributed by atoms with Crippen LogP contribution < -0.4 is 5.32 Å². The van der Waals surface area contributed by atoms with Gasteiger partial charge in [-0.1, -0.05) is 0 Å². The number of carbonyl (C=O) groups is 1. The van der Waals surface area contributed by atoms with E-state index in [0.29, 0.717) is 22.4 Å². The zero-order valence-electron chi connectivity index (χ0n) is 10.3. The fraction of sp³-hybridized carbons (Fsp3) is 0.385. The smallest absolute Gasteiger partial charge is 0.335 e. The molecule has 2 aromatic rings. The van der Waals surface area contributed by atoms with E-state index in [1.165, 1.54) is 30.7 Å². The van der Waals surface area contributed by atoms with Gasteiger partial charge in [-0.25, -0.2) is 4.79 Å². The largest absolute Gasteiger partial charge is 0.478 e. The van der Waals surface area contributed by atoms with Crippen LogP contribution in [0, 0.1) is 0 Å². The zero-order chi connectivity index (χ0) is 13.2. The molecule has 1 aromatic carbocycles. The van der Waals surface area contributed by atoms with Crippen LogP contribution >= 0.6 is 11.8 Å². The molecule has 3 rings (SSSR count). The van der Waals surface area contributed by atoms with E-state index >= 15 is 0 Å².